The first-order valence-corrected chi connectivity index (χ1v) is 7.17. The van der Waals surface area contributed by atoms with Gasteiger partial charge in [0.15, 0.2) is 0 Å². The van der Waals surface area contributed by atoms with E-state index in [9.17, 15) is 19.8 Å². The van der Waals surface area contributed by atoms with Crippen molar-refractivity contribution in [3.05, 3.63) is 70.8 Å². The second-order valence-electron chi connectivity index (χ2n) is 5.60. The highest BCUT2D eigenvalue weighted by molar-refractivity contribution is 5.92. The van der Waals surface area contributed by atoms with Gasteiger partial charge in [-0.15, -0.1) is 0 Å². The van der Waals surface area contributed by atoms with Gasteiger partial charge in [0.1, 0.15) is 5.41 Å². The summed E-state index contributed by atoms with van der Waals surface area (Å²) in [7, 11) is 0. The number of carboxylic acids is 2. The van der Waals surface area contributed by atoms with Crippen molar-refractivity contribution >= 4 is 11.9 Å². The topological polar surface area (TPSA) is 74.6 Å². The molecule has 4 nitrogen and oxygen atoms in total. The molecule has 2 aromatic carbocycles. The van der Waals surface area contributed by atoms with Crippen LogP contribution in [0.1, 0.15) is 28.7 Å². The van der Waals surface area contributed by atoms with Gasteiger partial charge in [-0.25, -0.2) is 0 Å². The van der Waals surface area contributed by atoms with E-state index in [2.05, 4.69) is 0 Å². The first kappa shape index (κ1) is 14.3. The standard InChI is InChI=1S/C18H16O4/c19-16(20)11-18(17(21)22)14-7-3-1-5-12(14)9-10-13-6-2-4-8-15(13)18/h1-8H,9-11H2,(H,19,20)(H,21,22). The average molecular weight is 296 g/mol. The second kappa shape index (κ2) is 5.30. The van der Waals surface area contributed by atoms with Crippen molar-refractivity contribution in [3.63, 3.8) is 0 Å². The van der Waals surface area contributed by atoms with Crippen LogP contribution in [-0.4, -0.2) is 22.2 Å². The third kappa shape index (κ3) is 2.08. The van der Waals surface area contributed by atoms with E-state index >= 15 is 0 Å². The molecule has 0 heterocycles. The smallest absolute Gasteiger partial charge is 0.319 e. The van der Waals surface area contributed by atoms with Crippen LogP contribution in [0.3, 0.4) is 0 Å². The molecule has 0 fully saturated rings. The van der Waals surface area contributed by atoms with E-state index in [0.717, 1.165) is 11.1 Å². The number of carboxylic acid groups (broad SMARTS) is 2. The number of carbonyl (C=O) groups is 2. The summed E-state index contributed by atoms with van der Waals surface area (Å²) >= 11 is 0. The Hall–Kier alpha value is -2.62. The van der Waals surface area contributed by atoms with Gasteiger partial charge in [-0.05, 0) is 35.1 Å². The van der Waals surface area contributed by atoms with Crippen LogP contribution in [0, 0.1) is 0 Å². The van der Waals surface area contributed by atoms with Gasteiger partial charge in [0, 0.05) is 0 Å². The molecular weight excluding hydrogens is 280 g/mol. The highest BCUT2D eigenvalue weighted by Gasteiger charge is 2.47. The van der Waals surface area contributed by atoms with Crippen molar-refractivity contribution in [1.29, 1.82) is 0 Å². The molecule has 0 radical (unpaired) electrons. The van der Waals surface area contributed by atoms with Crippen LogP contribution in [0.2, 0.25) is 0 Å². The Morgan fingerprint density at radius 1 is 0.864 bits per heavy atom. The van der Waals surface area contributed by atoms with Gasteiger partial charge in [0.2, 0.25) is 0 Å². The Bertz CT molecular complexity index is 701. The molecule has 0 atom stereocenters. The number of benzene rings is 2. The molecule has 2 aromatic rings. The van der Waals surface area contributed by atoms with Crippen LogP contribution in [0.15, 0.2) is 48.5 Å². The van der Waals surface area contributed by atoms with Crippen molar-refractivity contribution in [2.24, 2.45) is 0 Å². The molecule has 3 rings (SSSR count). The normalized spacial score (nSPS) is 15.3. The molecule has 2 N–H and O–H groups in total. The maximum absolute atomic E-state index is 12.2. The minimum Gasteiger partial charge on any atom is -0.481 e. The lowest BCUT2D eigenvalue weighted by molar-refractivity contribution is -0.148. The van der Waals surface area contributed by atoms with Crippen molar-refractivity contribution < 1.29 is 19.8 Å². The zero-order chi connectivity index (χ0) is 15.7. The Balaban J connectivity index is 2.38. The number of rotatable bonds is 3. The summed E-state index contributed by atoms with van der Waals surface area (Å²) in [6, 6.07) is 14.5. The molecular formula is C18H16O4. The minimum atomic E-state index is -1.53. The molecule has 22 heavy (non-hydrogen) atoms. The molecule has 0 saturated heterocycles. The van der Waals surface area contributed by atoms with Crippen molar-refractivity contribution in [2.75, 3.05) is 0 Å². The van der Waals surface area contributed by atoms with Crippen LogP contribution in [-0.2, 0) is 27.8 Å². The lowest BCUT2D eigenvalue weighted by Gasteiger charge is -2.30. The van der Waals surface area contributed by atoms with Crippen LogP contribution in [0.4, 0.5) is 0 Å². The van der Waals surface area contributed by atoms with E-state index in [0.29, 0.717) is 24.0 Å². The summed E-state index contributed by atoms with van der Waals surface area (Å²) in [5.41, 5.74) is 1.46. The molecule has 0 aliphatic heterocycles. The largest absolute Gasteiger partial charge is 0.481 e. The molecule has 112 valence electrons. The molecule has 1 aliphatic carbocycles. The van der Waals surface area contributed by atoms with Crippen molar-refractivity contribution in [3.8, 4) is 0 Å². The lowest BCUT2D eigenvalue weighted by Crippen LogP contribution is -2.40. The molecule has 0 unspecified atom stereocenters. The van der Waals surface area contributed by atoms with Crippen LogP contribution < -0.4 is 0 Å². The fraction of sp³-hybridized carbons (Fsp3) is 0.222. The third-order valence-corrected chi connectivity index (χ3v) is 4.40. The zero-order valence-corrected chi connectivity index (χ0v) is 12.0. The summed E-state index contributed by atoms with van der Waals surface area (Å²) in [4.78, 5) is 23.7. The Kier molecular flexibility index (Phi) is 3.45. The van der Waals surface area contributed by atoms with E-state index in [1.54, 1.807) is 24.3 Å². The van der Waals surface area contributed by atoms with Gasteiger partial charge in [0.25, 0.3) is 0 Å². The van der Waals surface area contributed by atoms with E-state index in [1.165, 1.54) is 0 Å². The van der Waals surface area contributed by atoms with Gasteiger partial charge in [0.05, 0.1) is 6.42 Å². The zero-order valence-electron chi connectivity index (χ0n) is 12.0. The summed E-state index contributed by atoms with van der Waals surface area (Å²) in [5.74, 6) is -2.23. The van der Waals surface area contributed by atoms with Crippen LogP contribution in [0.25, 0.3) is 0 Å². The van der Waals surface area contributed by atoms with Gasteiger partial charge in [-0.3, -0.25) is 9.59 Å². The van der Waals surface area contributed by atoms with Gasteiger partial charge < -0.3 is 10.2 Å². The predicted molar refractivity (Wildman–Crippen MR) is 81.0 cm³/mol. The predicted octanol–water partition coefficient (Wildman–Crippen LogP) is 2.63. The average Bonchev–Trinajstić information content (AvgIpc) is 2.64. The monoisotopic (exact) mass is 296 g/mol. The maximum atomic E-state index is 12.2. The van der Waals surface area contributed by atoms with Crippen LogP contribution in [0.5, 0.6) is 0 Å². The minimum absolute atomic E-state index is 0.462. The van der Waals surface area contributed by atoms with E-state index in [-0.39, 0.29) is 0 Å². The van der Waals surface area contributed by atoms with Gasteiger partial charge in [-0.1, -0.05) is 48.5 Å². The van der Waals surface area contributed by atoms with E-state index in [1.807, 2.05) is 24.3 Å². The number of aryl methyl sites for hydroxylation is 2. The highest BCUT2D eigenvalue weighted by Crippen LogP contribution is 2.42. The fourth-order valence-corrected chi connectivity index (χ4v) is 3.45. The summed E-state index contributed by atoms with van der Waals surface area (Å²) < 4.78 is 0. The second-order valence-corrected chi connectivity index (χ2v) is 5.60. The summed E-state index contributed by atoms with van der Waals surface area (Å²) in [6.45, 7) is 0. The quantitative estimate of drug-likeness (QED) is 0.913. The molecule has 0 amide bonds. The third-order valence-electron chi connectivity index (χ3n) is 4.40. The van der Waals surface area contributed by atoms with Crippen molar-refractivity contribution in [1.82, 2.24) is 0 Å². The van der Waals surface area contributed by atoms with Gasteiger partial charge in [-0.2, -0.15) is 0 Å². The lowest BCUT2D eigenvalue weighted by atomic mass is 9.70. The first-order chi connectivity index (χ1) is 10.6. The number of fused-ring (bicyclic) bond motifs is 2. The molecule has 0 spiro atoms. The van der Waals surface area contributed by atoms with E-state index < -0.39 is 23.8 Å². The summed E-state index contributed by atoms with van der Waals surface area (Å²) in [6.07, 6.45) is 0.958. The summed E-state index contributed by atoms with van der Waals surface area (Å²) in [5, 5.41) is 19.4. The van der Waals surface area contributed by atoms with Crippen molar-refractivity contribution in [2.45, 2.75) is 24.7 Å². The van der Waals surface area contributed by atoms with Gasteiger partial charge >= 0.3 is 11.9 Å². The highest BCUT2D eigenvalue weighted by atomic mass is 16.4. The molecule has 0 saturated carbocycles. The number of hydrogen-bond acceptors (Lipinski definition) is 2. The maximum Gasteiger partial charge on any atom is 0.319 e. The number of hydrogen-bond donors (Lipinski definition) is 2. The molecule has 1 aliphatic rings. The molecule has 0 bridgehead atoms. The molecule has 4 heteroatoms. The Morgan fingerprint density at radius 2 is 1.32 bits per heavy atom. The molecule has 0 aromatic heterocycles. The van der Waals surface area contributed by atoms with Crippen LogP contribution >= 0.6 is 0 Å². The fourth-order valence-electron chi connectivity index (χ4n) is 3.45. The first-order valence-electron chi connectivity index (χ1n) is 7.17. The SMILES string of the molecule is O=C(O)CC1(C(=O)O)c2ccccc2CCc2ccccc21. The number of aliphatic carboxylic acids is 2. The van der Waals surface area contributed by atoms with E-state index in [4.69, 9.17) is 0 Å². The Morgan fingerprint density at radius 3 is 1.73 bits per heavy atom. The Labute approximate surface area is 128 Å².